The maximum Gasteiger partial charge on any atom is -0.00262 e. The monoisotopic (exact) mass is 1240 g/mol. The third-order valence-corrected chi connectivity index (χ3v) is 20.6. The standard InChI is InChI=1S/C50H32.C48H30/c1-3-11-38-29-40(25-21-33(38)9-1)35-17-19-36(20-18-35)41-26-22-37-24-28-43(32-44(37)31-41)50-47-15-7-5-13-45(47)49(46-14-6-8-16-48(46)50)42-27-23-34-10-2-4-12-39(34)30-42;1-2-12-33-27-36(25-22-31(33)11-1)47-42-17-7-9-19-44(42)48(45-20-10-8-18-43(45)47)37-26-23-32-21-24-35(28-38(32)29-37)46-30-34-13-3-4-14-39(34)40-15-5-6-16-41(40)46/h1-32H;1-30H. The van der Waals surface area contributed by atoms with Gasteiger partial charge in [-0.05, 0) is 245 Å². The first kappa shape index (κ1) is 56.8. The first-order valence-electron chi connectivity index (χ1n) is 34.0. The van der Waals surface area contributed by atoms with Crippen LogP contribution in [0.25, 0.3) is 196 Å². The Labute approximate surface area is 568 Å². The molecule has 0 radical (unpaired) electrons. The molecule has 98 heavy (non-hydrogen) atoms. The van der Waals surface area contributed by atoms with Crippen molar-refractivity contribution in [1.29, 1.82) is 0 Å². The van der Waals surface area contributed by atoms with Crippen LogP contribution in [-0.4, -0.2) is 0 Å². The molecule has 0 fully saturated rings. The van der Waals surface area contributed by atoms with Gasteiger partial charge in [0.15, 0.2) is 0 Å². The van der Waals surface area contributed by atoms with E-state index in [0.717, 1.165) is 0 Å². The fourth-order valence-corrected chi connectivity index (χ4v) is 15.9. The molecule has 0 amide bonds. The van der Waals surface area contributed by atoms with Gasteiger partial charge in [0, 0.05) is 0 Å². The van der Waals surface area contributed by atoms with Crippen LogP contribution >= 0.6 is 0 Å². The highest BCUT2D eigenvalue weighted by molar-refractivity contribution is 6.24. The van der Waals surface area contributed by atoms with Crippen molar-refractivity contribution in [1.82, 2.24) is 0 Å². The first-order valence-corrected chi connectivity index (χ1v) is 34.0. The molecule has 0 aliphatic carbocycles. The minimum Gasteiger partial charge on any atom is -0.0616 e. The molecule has 0 unspecified atom stereocenters. The molecule has 0 heterocycles. The van der Waals surface area contributed by atoms with Gasteiger partial charge in [0.1, 0.15) is 0 Å². The van der Waals surface area contributed by atoms with E-state index in [1.54, 1.807) is 0 Å². The average molecular weight is 1240 g/mol. The third kappa shape index (κ3) is 9.84. The van der Waals surface area contributed by atoms with Crippen molar-refractivity contribution in [2.75, 3.05) is 0 Å². The summed E-state index contributed by atoms with van der Waals surface area (Å²) in [5.74, 6) is 0. The number of fused-ring (bicyclic) bond motifs is 12. The highest BCUT2D eigenvalue weighted by atomic mass is 14.2. The number of benzene rings is 20. The van der Waals surface area contributed by atoms with Gasteiger partial charge in [0.05, 0.1) is 0 Å². The Morgan fingerprint density at radius 1 is 0.102 bits per heavy atom. The minimum atomic E-state index is 1.22. The molecule has 0 aromatic heterocycles. The van der Waals surface area contributed by atoms with Crippen LogP contribution in [0, 0.1) is 0 Å². The summed E-state index contributed by atoms with van der Waals surface area (Å²) in [5.41, 5.74) is 17.5. The number of rotatable bonds is 7. The van der Waals surface area contributed by atoms with E-state index >= 15 is 0 Å². The predicted molar refractivity (Wildman–Crippen MR) is 424 cm³/mol. The minimum absolute atomic E-state index is 1.22. The number of hydrogen-bond donors (Lipinski definition) is 0. The lowest BCUT2D eigenvalue weighted by Gasteiger charge is -2.18. The zero-order valence-corrected chi connectivity index (χ0v) is 53.8. The van der Waals surface area contributed by atoms with E-state index in [1.807, 2.05) is 0 Å². The first-order chi connectivity index (χ1) is 48.6. The van der Waals surface area contributed by atoms with Crippen LogP contribution in [0.4, 0.5) is 0 Å². The van der Waals surface area contributed by atoms with Gasteiger partial charge >= 0.3 is 0 Å². The van der Waals surface area contributed by atoms with Gasteiger partial charge in [0.25, 0.3) is 0 Å². The number of hydrogen-bond acceptors (Lipinski definition) is 0. The van der Waals surface area contributed by atoms with Crippen LogP contribution in [0.2, 0.25) is 0 Å². The molecular formula is C98H62. The largest absolute Gasteiger partial charge is 0.0616 e. The van der Waals surface area contributed by atoms with Gasteiger partial charge in [-0.25, -0.2) is 0 Å². The maximum absolute atomic E-state index is 2.39. The lowest BCUT2D eigenvalue weighted by atomic mass is 9.85. The third-order valence-electron chi connectivity index (χ3n) is 20.6. The molecule has 0 heteroatoms. The Balaban J connectivity index is 0.000000137. The van der Waals surface area contributed by atoms with Crippen molar-refractivity contribution >= 4 is 118 Å². The zero-order chi connectivity index (χ0) is 64.6. The van der Waals surface area contributed by atoms with Gasteiger partial charge in [0.2, 0.25) is 0 Å². The molecule has 0 nitrogen and oxygen atoms in total. The molecule has 454 valence electrons. The Kier molecular flexibility index (Phi) is 13.7. The van der Waals surface area contributed by atoms with Crippen LogP contribution in [0.15, 0.2) is 376 Å². The molecule has 20 aromatic carbocycles. The molecule has 0 N–H and O–H groups in total. The Morgan fingerprint density at radius 2 is 0.316 bits per heavy atom. The van der Waals surface area contributed by atoms with Gasteiger partial charge in [-0.3, -0.25) is 0 Å². The molecule has 0 bridgehead atoms. The summed E-state index contributed by atoms with van der Waals surface area (Å²) in [4.78, 5) is 0. The van der Waals surface area contributed by atoms with Crippen molar-refractivity contribution in [3.63, 3.8) is 0 Å². The SMILES string of the molecule is c1ccc2cc(-c3c4ccccc4c(-c4ccc5ccc(-c6cc7ccccc7c7ccccc67)cc5c4)c4ccccc34)ccc2c1.c1ccc2cc(-c3ccc(-c4ccc5ccc(-c6c7ccccc7c(-c7ccc8ccccc8c7)c7ccccc67)cc5c4)cc3)ccc2c1. The summed E-state index contributed by atoms with van der Waals surface area (Å²) in [6.45, 7) is 0. The Hall–Kier alpha value is -12.7. The van der Waals surface area contributed by atoms with Crippen molar-refractivity contribution in [2.24, 2.45) is 0 Å². The lowest BCUT2D eigenvalue weighted by molar-refractivity contribution is 1.61. The summed E-state index contributed by atoms with van der Waals surface area (Å²) < 4.78 is 0. The Bertz CT molecular complexity index is 6490. The highest BCUT2D eigenvalue weighted by Crippen LogP contribution is 2.48. The lowest BCUT2D eigenvalue weighted by Crippen LogP contribution is -1.91. The van der Waals surface area contributed by atoms with Crippen molar-refractivity contribution in [3.8, 4) is 77.9 Å². The summed E-state index contributed by atoms with van der Waals surface area (Å²) in [6.07, 6.45) is 0. The molecule has 0 spiro atoms. The van der Waals surface area contributed by atoms with E-state index in [4.69, 9.17) is 0 Å². The van der Waals surface area contributed by atoms with Crippen LogP contribution in [0.3, 0.4) is 0 Å². The molecular weight excluding hydrogens is 1180 g/mol. The van der Waals surface area contributed by atoms with Crippen LogP contribution < -0.4 is 0 Å². The fourth-order valence-electron chi connectivity index (χ4n) is 15.9. The van der Waals surface area contributed by atoms with Gasteiger partial charge in [-0.2, -0.15) is 0 Å². The maximum atomic E-state index is 2.39. The summed E-state index contributed by atoms with van der Waals surface area (Å²) in [7, 11) is 0. The van der Waals surface area contributed by atoms with Crippen LogP contribution in [0.5, 0.6) is 0 Å². The van der Waals surface area contributed by atoms with E-state index in [2.05, 4.69) is 376 Å². The smallest absolute Gasteiger partial charge is 0.00262 e. The molecule has 20 aromatic rings. The van der Waals surface area contributed by atoms with Crippen molar-refractivity contribution < 1.29 is 0 Å². The van der Waals surface area contributed by atoms with Crippen LogP contribution in [-0.2, 0) is 0 Å². The van der Waals surface area contributed by atoms with Crippen molar-refractivity contribution in [2.45, 2.75) is 0 Å². The second kappa shape index (κ2) is 23.6. The Morgan fingerprint density at radius 3 is 0.673 bits per heavy atom. The van der Waals surface area contributed by atoms with E-state index < -0.39 is 0 Å². The van der Waals surface area contributed by atoms with Gasteiger partial charge in [-0.1, -0.05) is 328 Å². The zero-order valence-electron chi connectivity index (χ0n) is 53.8. The predicted octanol–water partition coefficient (Wildman–Crippen LogP) is 27.7. The fraction of sp³-hybridized carbons (Fsp3) is 0. The molecule has 0 atom stereocenters. The summed E-state index contributed by atoms with van der Waals surface area (Å²) in [5, 5.41) is 27.9. The molecule has 0 aliphatic rings. The van der Waals surface area contributed by atoms with E-state index in [1.165, 1.54) is 196 Å². The second-order valence-electron chi connectivity index (χ2n) is 26.2. The highest BCUT2D eigenvalue weighted by Gasteiger charge is 2.20. The van der Waals surface area contributed by atoms with Crippen LogP contribution in [0.1, 0.15) is 0 Å². The van der Waals surface area contributed by atoms with E-state index in [-0.39, 0.29) is 0 Å². The van der Waals surface area contributed by atoms with Gasteiger partial charge in [-0.15, -0.1) is 0 Å². The van der Waals surface area contributed by atoms with Crippen molar-refractivity contribution in [3.05, 3.63) is 376 Å². The van der Waals surface area contributed by atoms with Gasteiger partial charge < -0.3 is 0 Å². The molecule has 0 aliphatic heterocycles. The molecule has 0 saturated carbocycles. The normalized spacial score (nSPS) is 11.7. The van der Waals surface area contributed by atoms with E-state index in [0.29, 0.717) is 0 Å². The molecule has 0 saturated heterocycles. The van der Waals surface area contributed by atoms with E-state index in [9.17, 15) is 0 Å². The summed E-state index contributed by atoms with van der Waals surface area (Å²) in [6, 6.07) is 139. The second-order valence-corrected chi connectivity index (χ2v) is 26.2. The topological polar surface area (TPSA) is 0 Å². The average Bonchev–Trinajstić information content (AvgIpc) is 0.743. The molecule has 20 rings (SSSR count). The summed E-state index contributed by atoms with van der Waals surface area (Å²) >= 11 is 0. The quantitative estimate of drug-likeness (QED) is 0.110.